The maximum absolute atomic E-state index is 5.80. The predicted molar refractivity (Wildman–Crippen MR) is 82.0 cm³/mol. The molecule has 0 unspecified atom stereocenters. The molecule has 0 saturated heterocycles. The van der Waals surface area contributed by atoms with Crippen LogP contribution in [-0.4, -0.2) is 0 Å². The van der Waals surface area contributed by atoms with E-state index in [0.717, 1.165) is 19.6 Å². The van der Waals surface area contributed by atoms with Crippen molar-refractivity contribution in [3.05, 3.63) is 36.4 Å². The van der Waals surface area contributed by atoms with Gasteiger partial charge in [-0.25, -0.2) is 0 Å². The molecule has 1 nitrogen and oxygen atoms in total. The first kappa shape index (κ1) is 13.1. The van der Waals surface area contributed by atoms with Crippen molar-refractivity contribution in [3.8, 4) is 11.5 Å². The third-order valence-electron chi connectivity index (χ3n) is 2.15. The molecule has 0 amide bonds. The van der Waals surface area contributed by atoms with Crippen molar-refractivity contribution >= 4 is 50.5 Å². The van der Waals surface area contributed by atoms with E-state index in [4.69, 9.17) is 4.74 Å². The summed E-state index contributed by atoms with van der Waals surface area (Å²) in [6.45, 7) is 0. The quantitative estimate of drug-likeness (QED) is 0.591. The molecule has 0 heterocycles. The molecular weight excluding hydrogens is 288 g/mol. The minimum Gasteiger partial charge on any atom is -0.453 e. The fourth-order valence-electron chi connectivity index (χ4n) is 1.34. The Kier molecular flexibility index (Phi) is 4.25. The molecule has 2 aromatic carbocycles. The van der Waals surface area contributed by atoms with Gasteiger partial charge in [-0.05, 0) is 24.3 Å². The normalized spacial score (nSPS) is 10.4. The first-order chi connectivity index (χ1) is 8.09. The highest BCUT2D eigenvalue weighted by Gasteiger charge is 2.10. The molecule has 2 rings (SSSR count). The number of para-hydroxylation sites is 2. The second-order valence-electron chi connectivity index (χ2n) is 3.35. The molecule has 0 atom stereocenters. The Labute approximate surface area is 122 Å². The van der Waals surface area contributed by atoms with E-state index in [1.807, 2.05) is 36.4 Å². The zero-order valence-electron chi connectivity index (χ0n) is 8.66. The highest BCUT2D eigenvalue weighted by atomic mass is 32.1. The van der Waals surface area contributed by atoms with Crippen molar-refractivity contribution in [1.29, 1.82) is 0 Å². The minimum absolute atomic E-state index is 0.607. The first-order valence-corrected chi connectivity index (χ1v) is 6.58. The number of ether oxygens (including phenoxy) is 1. The standard InChI is InChI=1S/C12H10OS4/c14-7-3-1-4-8(15)11(7)13-12-9(16)5-2-6-10(12)17/h1-6,14-17H. The summed E-state index contributed by atoms with van der Waals surface area (Å²) < 4.78 is 5.80. The van der Waals surface area contributed by atoms with Crippen LogP contribution < -0.4 is 4.74 Å². The predicted octanol–water partition coefficient (Wildman–Crippen LogP) is 4.63. The zero-order chi connectivity index (χ0) is 12.4. The van der Waals surface area contributed by atoms with Gasteiger partial charge < -0.3 is 4.74 Å². The molecule has 88 valence electrons. The van der Waals surface area contributed by atoms with E-state index in [1.54, 1.807) is 0 Å². The third kappa shape index (κ3) is 2.91. The summed E-state index contributed by atoms with van der Waals surface area (Å²) in [4.78, 5) is 2.90. The number of thiol groups is 4. The van der Waals surface area contributed by atoms with Crippen LogP contribution in [-0.2, 0) is 0 Å². The van der Waals surface area contributed by atoms with E-state index >= 15 is 0 Å². The average Bonchev–Trinajstić information content (AvgIpc) is 2.27. The second-order valence-corrected chi connectivity index (χ2v) is 5.28. The van der Waals surface area contributed by atoms with Gasteiger partial charge in [0.2, 0.25) is 0 Å². The molecule has 0 radical (unpaired) electrons. The Bertz CT molecular complexity index is 464. The maximum atomic E-state index is 5.80. The average molecular weight is 298 g/mol. The number of rotatable bonds is 2. The summed E-state index contributed by atoms with van der Waals surface area (Å²) in [6, 6.07) is 11.1. The van der Waals surface area contributed by atoms with E-state index in [9.17, 15) is 0 Å². The van der Waals surface area contributed by atoms with E-state index < -0.39 is 0 Å². The first-order valence-electron chi connectivity index (χ1n) is 4.79. The lowest BCUT2D eigenvalue weighted by atomic mass is 10.3. The van der Waals surface area contributed by atoms with Crippen molar-refractivity contribution in [3.63, 3.8) is 0 Å². The lowest BCUT2D eigenvalue weighted by Crippen LogP contribution is -1.90. The Morgan fingerprint density at radius 2 is 0.882 bits per heavy atom. The van der Waals surface area contributed by atoms with Crippen LogP contribution in [0.3, 0.4) is 0 Å². The number of hydrogen-bond acceptors (Lipinski definition) is 5. The SMILES string of the molecule is Sc1cccc(S)c1Oc1c(S)cccc1S. The fraction of sp³-hybridized carbons (Fsp3) is 0. The minimum atomic E-state index is 0.607. The molecule has 2 aromatic rings. The van der Waals surface area contributed by atoms with E-state index in [1.165, 1.54) is 0 Å². The van der Waals surface area contributed by atoms with Crippen LogP contribution in [0.1, 0.15) is 0 Å². The Morgan fingerprint density at radius 3 is 1.18 bits per heavy atom. The van der Waals surface area contributed by atoms with Gasteiger partial charge in [0, 0.05) is 19.6 Å². The van der Waals surface area contributed by atoms with E-state index in [0.29, 0.717) is 11.5 Å². The summed E-state index contributed by atoms with van der Waals surface area (Å²) in [6.07, 6.45) is 0. The zero-order valence-corrected chi connectivity index (χ0v) is 12.2. The molecular formula is C12H10OS4. The van der Waals surface area contributed by atoms with Gasteiger partial charge in [-0.2, -0.15) is 0 Å². The number of hydrogen-bond donors (Lipinski definition) is 4. The highest BCUT2D eigenvalue weighted by Crippen LogP contribution is 2.39. The van der Waals surface area contributed by atoms with E-state index in [2.05, 4.69) is 50.5 Å². The molecule has 0 aliphatic carbocycles. The molecule has 0 aromatic heterocycles. The van der Waals surface area contributed by atoms with Gasteiger partial charge in [0.25, 0.3) is 0 Å². The summed E-state index contributed by atoms with van der Waals surface area (Å²) in [5, 5.41) is 0. The summed E-state index contributed by atoms with van der Waals surface area (Å²) in [5.74, 6) is 1.21. The van der Waals surface area contributed by atoms with E-state index in [-0.39, 0.29) is 0 Å². The molecule has 0 fully saturated rings. The van der Waals surface area contributed by atoms with Gasteiger partial charge in [-0.15, -0.1) is 50.5 Å². The largest absolute Gasteiger partial charge is 0.453 e. The van der Waals surface area contributed by atoms with Crippen LogP contribution in [0, 0.1) is 0 Å². The molecule has 0 N–H and O–H groups in total. The molecule has 0 saturated carbocycles. The van der Waals surface area contributed by atoms with Crippen LogP contribution in [0.15, 0.2) is 56.0 Å². The topological polar surface area (TPSA) is 9.23 Å². The maximum Gasteiger partial charge on any atom is 0.154 e. The number of benzene rings is 2. The second kappa shape index (κ2) is 5.52. The smallest absolute Gasteiger partial charge is 0.154 e. The summed E-state index contributed by atoms with van der Waals surface area (Å²) in [7, 11) is 0. The molecule has 0 aliphatic rings. The molecule has 0 bridgehead atoms. The van der Waals surface area contributed by atoms with Crippen LogP contribution in [0.5, 0.6) is 11.5 Å². The van der Waals surface area contributed by atoms with Crippen molar-refractivity contribution < 1.29 is 4.74 Å². The Balaban J connectivity index is 2.45. The van der Waals surface area contributed by atoms with Crippen molar-refractivity contribution in [1.82, 2.24) is 0 Å². The molecule has 0 spiro atoms. The van der Waals surface area contributed by atoms with Gasteiger partial charge in [0.05, 0.1) is 0 Å². The van der Waals surface area contributed by atoms with Gasteiger partial charge in [-0.3, -0.25) is 0 Å². The van der Waals surface area contributed by atoms with Crippen molar-refractivity contribution in [2.24, 2.45) is 0 Å². The third-order valence-corrected chi connectivity index (χ3v) is 3.56. The fourth-order valence-corrected chi connectivity index (χ4v) is 2.52. The highest BCUT2D eigenvalue weighted by molar-refractivity contribution is 7.81. The van der Waals surface area contributed by atoms with Gasteiger partial charge in [0.15, 0.2) is 11.5 Å². The van der Waals surface area contributed by atoms with Crippen molar-refractivity contribution in [2.45, 2.75) is 19.6 Å². The lowest BCUT2D eigenvalue weighted by molar-refractivity contribution is 0.438. The van der Waals surface area contributed by atoms with Crippen LogP contribution in [0.2, 0.25) is 0 Å². The monoisotopic (exact) mass is 298 g/mol. The summed E-state index contributed by atoms with van der Waals surface area (Å²) >= 11 is 17.4. The van der Waals surface area contributed by atoms with Crippen LogP contribution >= 0.6 is 50.5 Å². The van der Waals surface area contributed by atoms with Crippen LogP contribution in [0.25, 0.3) is 0 Å². The van der Waals surface area contributed by atoms with Crippen LogP contribution in [0.4, 0.5) is 0 Å². The molecule has 0 aliphatic heterocycles. The molecule has 17 heavy (non-hydrogen) atoms. The Morgan fingerprint density at radius 1 is 0.588 bits per heavy atom. The van der Waals surface area contributed by atoms with Gasteiger partial charge in [0.1, 0.15) is 0 Å². The van der Waals surface area contributed by atoms with Crippen molar-refractivity contribution in [2.75, 3.05) is 0 Å². The Hall–Kier alpha value is -0.360. The lowest BCUT2D eigenvalue weighted by Gasteiger charge is -2.13. The molecule has 5 heteroatoms. The van der Waals surface area contributed by atoms with Gasteiger partial charge in [-0.1, -0.05) is 12.1 Å². The summed E-state index contributed by atoms with van der Waals surface area (Å²) in [5.41, 5.74) is 0. The van der Waals surface area contributed by atoms with Gasteiger partial charge >= 0.3 is 0 Å².